The Balaban J connectivity index is 1.98. The minimum Gasteiger partial charge on any atom is -0.480 e. The summed E-state index contributed by atoms with van der Waals surface area (Å²) in [6.45, 7) is 2.34. The number of carboxylic acids is 1. The van der Waals surface area contributed by atoms with E-state index in [4.69, 9.17) is 14.6 Å². The summed E-state index contributed by atoms with van der Waals surface area (Å²) in [5.74, 6) is 0.582. The highest BCUT2D eigenvalue weighted by Gasteiger charge is 2.14. The molecule has 0 saturated heterocycles. The van der Waals surface area contributed by atoms with Gasteiger partial charge in [0.2, 0.25) is 6.79 Å². The SMILES string of the molecule is C[C@H](NCc1ccc2c(c1)OCO2)C(=O)O. The van der Waals surface area contributed by atoms with Crippen LogP contribution >= 0.6 is 0 Å². The van der Waals surface area contributed by atoms with Crippen LogP contribution < -0.4 is 14.8 Å². The van der Waals surface area contributed by atoms with Crippen molar-refractivity contribution in [2.24, 2.45) is 0 Å². The molecular weight excluding hydrogens is 210 g/mol. The van der Waals surface area contributed by atoms with Crippen LogP contribution in [0.15, 0.2) is 18.2 Å². The van der Waals surface area contributed by atoms with Crippen molar-refractivity contribution in [2.75, 3.05) is 6.79 Å². The Bertz CT molecular complexity index is 405. The normalized spacial score (nSPS) is 14.8. The molecule has 0 radical (unpaired) electrons. The maximum absolute atomic E-state index is 10.6. The van der Waals surface area contributed by atoms with Crippen molar-refractivity contribution in [3.8, 4) is 11.5 Å². The number of benzene rings is 1. The summed E-state index contributed by atoms with van der Waals surface area (Å²) >= 11 is 0. The third kappa shape index (κ3) is 2.25. The van der Waals surface area contributed by atoms with Crippen molar-refractivity contribution in [1.29, 1.82) is 0 Å². The van der Waals surface area contributed by atoms with Crippen molar-refractivity contribution >= 4 is 5.97 Å². The molecule has 1 aromatic carbocycles. The van der Waals surface area contributed by atoms with E-state index >= 15 is 0 Å². The molecule has 0 unspecified atom stereocenters. The Hall–Kier alpha value is -1.75. The van der Waals surface area contributed by atoms with Crippen molar-refractivity contribution < 1.29 is 19.4 Å². The Morgan fingerprint density at radius 3 is 3.00 bits per heavy atom. The third-order valence-electron chi connectivity index (χ3n) is 2.42. The summed E-state index contributed by atoms with van der Waals surface area (Å²) < 4.78 is 10.4. The summed E-state index contributed by atoms with van der Waals surface area (Å²) in [7, 11) is 0. The lowest BCUT2D eigenvalue weighted by Gasteiger charge is -2.09. The number of aliphatic carboxylic acids is 1. The molecule has 0 fully saturated rings. The fourth-order valence-electron chi connectivity index (χ4n) is 1.41. The van der Waals surface area contributed by atoms with Crippen molar-refractivity contribution in [1.82, 2.24) is 5.32 Å². The summed E-state index contributed by atoms with van der Waals surface area (Å²) in [6, 6.07) is 4.99. The lowest BCUT2D eigenvalue weighted by atomic mass is 10.2. The average Bonchev–Trinajstić information content (AvgIpc) is 2.72. The van der Waals surface area contributed by atoms with Crippen LogP contribution in [0.2, 0.25) is 0 Å². The summed E-state index contributed by atoms with van der Waals surface area (Å²) in [5, 5.41) is 11.6. The summed E-state index contributed by atoms with van der Waals surface area (Å²) in [4.78, 5) is 10.6. The van der Waals surface area contributed by atoms with Crippen molar-refractivity contribution in [3.05, 3.63) is 23.8 Å². The number of fused-ring (bicyclic) bond motifs is 1. The molecule has 0 aromatic heterocycles. The maximum atomic E-state index is 10.6. The van der Waals surface area contributed by atoms with Crippen molar-refractivity contribution in [2.45, 2.75) is 19.5 Å². The van der Waals surface area contributed by atoms with Gasteiger partial charge in [0, 0.05) is 6.54 Å². The topological polar surface area (TPSA) is 67.8 Å². The molecule has 0 aliphatic carbocycles. The Labute approximate surface area is 93.0 Å². The molecular formula is C11H13NO4. The number of carboxylic acid groups (broad SMARTS) is 1. The van der Waals surface area contributed by atoms with Crippen LogP contribution in [-0.4, -0.2) is 23.9 Å². The lowest BCUT2D eigenvalue weighted by molar-refractivity contribution is -0.139. The highest BCUT2D eigenvalue weighted by molar-refractivity contribution is 5.72. The minimum absolute atomic E-state index is 0.248. The number of carbonyl (C=O) groups is 1. The van der Waals surface area contributed by atoms with Gasteiger partial charge < -0.3 is 19.9 Å². The Morgan fingerprint density at radius 2 is 2.25 bits per heavy atom. The second kappa shape index (κ2) is 4.40. The first-order valence-corrected chi connectivity index (χ1v) is 5.01. The van der Waals surface area contributed by atoms with E-state index in [-0.39, 0.29) is 6.79 Å². The van der Waals surface area contributed by atoms with Crippen LogP contribution in [0, 0.1) is 0 Å². The van der Waals surface area contributed by atoms with E-state index in [9.17, 15) is 4.79 Å². The third-order valence-corrected chi connectivity index (χ3v) is 2.42. The number of nitrogens with one attached hydrogen (secondary N) is 1. The fourth-order valence-corrected chi connectivity index (χ4v) is 1.41. The van der Waals surface area contributed by atoms with Gasteiger partial charge in [-0.05, 0) is 24.6 Å². The molecule has 1 aromatic rings. The van der Waals surface area contributed by atoms with Crippen LogP contribution in [0.5, 0.6) is 11.5 Å². The van der Waals surface area contributed by atoms with Gasteiger partial charge in [-0.2, -0.15) is 0 Å². The monoisotopic (exact) mass is 223 g/mol. The second-order valence-electron chi connectivity index (χ2n) is 3.63. The standard InChI is InChI=1S/C11H13NO4/c1-7(11(13)14)12-5-8-2-3-9-10(4-8)16-6-15-9/h2-4,7,12H,5-6H2,1H3,(H,13,14)/t7-/m0/s1. The molecule has 2 N–H and O–H groups in total. The first-order chi connectivity index (χ1) is 7.66. The predicted molar refractivity (Wildman–Crippen MR) is 56.5 cm³/mol. The van der Waals surface area contributed by atoms with Gasteiger partial charge in [0.05, 0.1) is 0 Å². The highest BCUT2D eigenvalue weighted by Crippen LogP contribution is 2.32. The molecule has 1 aliphatic heterocycles. The van der Waals surface area contributed by atoms with Gasteiger partial charge in [-0.25, -0.2) is 0 Å². The van der Waals surface area contributed by atoms with E-state index in [0.717, 1.165) is 11.3 Å². The molecule has 0 bridgehead atoms. The maximum Gasteiger partial charge on any atom is 0.320 e. The van der Waals surface area contributed by atoms with Crippen LogP contribution in [0.4, 0.5) is 0 Å². The van der Waals surface area contributed by atoms with Gasteiger partial charge in [-0.15, -0.1) is 0 Å². The van der Waals surface area contributed by atoms with Crippen LogP contribution in [-0.2, 0) is 11.3 Å². The van der Waals surface area contributed by atoms with Gasteiger partial charge in [0.1, 0.15) is 6.04 Å². The molecule has 1 aliphatic rings. The molecule has 5 heteroatoms. The van der Waals surface area contributed by atoms with Crippen LogP contribution in [0.1, 0.15) is 12.5 Å². The molecule has 5 nitrogen and oxygen atoms in total. The fraction of sp³-hybridized carbons (Fsp3) is 0.364. The number of rotatable bonds is 4. The van der Waals surface area contributed by atoms with Crippen LogP contribution in [0.3, 0.4) is 0 Å². The molecule has 1 heterocycles. The van der Waals surface area contributed by atoms with Gasteiger partial charge >= 0.3 is 5.97 Å². The molecule has 2 rings (SSSR count). The van der Waals surface area contributed by atoms with Crippen molar-refractivity contribution in [3.63, 3.8) is 0 Å². The van der Waals surface area contributed by atoms with E-state index < -0.39 is 12.0 Å². The number of hydrogen-bond donors (Lipinski definition) is 2. The van der Waals surface area contributed by atoms with E-state index in [1.807, 2.05) is 18.2 Å². The largest absolute Gasteiger partial charge is 0.480 e. The quantitative estimate of drug-likeness (QED) is 0.796. The molecule has 0 amide bonds. The molecule has 0 saturated carbocycles. The van der Waals surface area contributed by atoms with E-state index in [2.05, 4.69) is 5.32 Å². The first kappa shape index (κ1) is 10.8. The molecule has 1 atom stereocenters. The molecule has 86 valence electrons. The van der Waals surface area contributed by atoms with E-state index in [1.54, 1.807) is 6.92 Å². The average molecular weight is 223 g/mol. The number of ether oxygens (including phenoxy) is 2. The molecule has 0 spiro atoms. The lowest BCUT2D eigenvalue weighted by Crippen LogP contribution is -2.33. The molecule has 16 heavy (non-hydrogen) atoms. The van der Waals surface area contributed by atoms with Crippen LogP contribution in [0.25, 0.3) is 0 Å². The minimum atomic E-state index is -0.860. The van der Waals surface area contributed by atoms with Gasteiger partial charge in [0.15, 0.2) is 11.5 Å². The predicted octanol–water partition coefficient (Wildman–Crippen LogP) is 0.978. The zero-order chi connectivity index (χ0) is 11.5. The Morgan fingerprint density at radius 1 is 1.50 bits per heavy atom. The van der Waals surface area contributed by atoms with E-state index in [1.165, 1.54) is 0 Å². The van der Waals surface area contributed by atoms with Gasteiger partial charge in [-0.1, -0.05) is 6.07 Å². The summed E-state index contributed by atoms with van der Waals surface area (Å²) in [6.07, 6.45) is 0. The summed E-state index contributed by atoms with van der Waals surface area (Å²) in [5.41, 5.74) is 0.970. The van der Waals surface area contributed by atoms with Gasteiger partial charge in [-0.3, -0.25) is 4.79 Å². The first-order valence-electron chi connectivity index (χ1n) is 5.01. The zero-order valence-corrected chi connectivity index (χ0v) is 8.90. The Kier molecular flexibility index (Phi) is 2.96. The zero-order valence-electron chi connectivity index (χ0n) is 8.90. The number of hydrogen-bond acceptors (Lipinski definition) is 4. The second-order valence-corrected chi connectivity index (χ2v) is 3.63. The van der Waals surface area contributed by atoms with Gasteiger partial charge in [0.25, 0.3) is 0 Å². The van der Waals surface area contributed by atoms with E-state index in [0.29, 0.717) is 12.3 Å². The highest BCUT2D eigenvalue weighted by atomic mass is 16.7. The smallest absolute Gasteiger partial charge is 0.320 e.